The summed E-state index contributed by atoms with van der Waals surface area (Å²) in [6, 6.07) is 0. The van der Waals surface area contributed by atoms with E-state index in [1.165, 1.54) is 0 Å². The van der Waals surface area contributed by atoms with E-state index < -0.39 is 0 Å². The first-order valence-corrected chi connectivity index (χ1v) is 6.86. The lowest BCUT2D eigenvalue weighted by molar-refractivity contribution is 0.348. The quantitative estimate of drug-likeness (QED) is 0.822. The number of hydrogen-bond acceptors (Lipinski definition) is 4. The lowest BCUT2D eigenvalue weighted by Crippen LogP contribution is -2.29. The number of likely N-dealkylation sites (N-methyl/N-ethyl adjacent to an activating group) is 1. The second-order valence-corrected chi connectivity index (χ2v) is 5.07. The van der Waals surface area contributed by atoms with Crippen molar-refractivity contribution in [2.24, 2.45) is 0 Å². The smallest absolute Gasteiger partial charge is 0.155 e. The second kappa shape index (κ2) is 6.26. The molecule has 0 aromatic carbocycles. The van der Waals surface area contributed by atoms with Gasteiger partial charge in [0, 0.05) is 25.8 Å². The van der Waals surface area contributed by atoms with Gasteiger partial charge in [-0.05, 0) is 29.5 Å². The molecule has 0 unspecified atom stereocenters. The summed E-state index contributed by atoms with van der Waals surface area (Å²) in [6.45, 7) is 6.09. The largest absolute Gasteiger partial charge is 0.310 e. The molecule has 0 aliphatic rings. The third-order valence-electron chi connectivity index (χ3n) is 2.96. The third-order valence-corrected chi connectivity index (χ3v) is 3.37. The van der Waals surface area contributed by atoms with Crippen LogP contribution in [0, 0.1) is 0 Å². The molecule has 0 fully saturated rings. The zero-order chi connectivity index (χ0) is 13.0. The molecule has 2 heterocycles. The van der Waals surface area contributed by atoms with Crippen LogP contribution in [0.3, 0.4) is 0 Å². The van der Waals surface area contributed by atoms with Crippen molar-refractivity contribution in [1.82, 2.24) is 24.6 Å². The molecule has 2 aromatic heterocycles. The monoisotopic (exact) mass is 311 g/mol. The molecule has 0 amide bonds. The van der Waals surface area contributed by atoms with Gasteiger partial charge < -0.3 is 10.2 Å². The molecule has 0 spiro atoms. The highest BCUT2D eigenvalue weighted by Gasteiger charge is 2.03. The molecule has 0 aliphatic heterocycles. The van der Waals surface area contributed by atoms with E-state index in [1.807, 2.05) is 16.8 Å². The minimum absolute atomic E-state index is 0.815. The van der Waals surface area contributed by atoms with Crippen molar-refractivity contribution < 1.29 is 0 Å². The van der Waals surface area contributed by atoms with Gasteiger partial charge in [0.05, 0.1) is 18.1 Å². The normalized spacial score (nSPS) is 11.6. The maximum Gasteiger partial charge on any atom is 0.155 e. The number of halogens is 1. The predicted molar refractivity (Wildman–Crippen MR) is 75.6 cm³/mol. The van der Waals surface area contributed by atoms with Crippen LogP contribution in [0.15, 0.2) is 23.2 Å². The standard InChI is InChI=1S/C12H18BrN5/c1-3-17(2)5-4-14-6-10-7-16-12-8-15-11(13)9-18(10)12/h7-9,14H,3-6H2,1-2H3. The lowest BCUT2D eigenvalue weighted by atomic mass is 10.4. The van der Waals surface area contributed by atoms with Crippen LogP contribution < -0.4 is 5.32 Å². The molecule has 18 heavy (non-hydrogen) atoms. The van der Waals surface area contributed by atoms with Gasteiger partial charge in [-0.25, -0.2) is 9.97 Å². The van der Waals surface area contributed by atoms with Gasteiger partial charge >= 0.3 is 0 Å². The van der Waals surface area contributed by atoms with E-state index in [0.717, 1.165) is 42.1 Å². The summed E-state index contributed by atoms with van der Waals surface area (Å²) in [7, 11) is 2.12. The highest BCUT2D eigenvalue weighted by atomic mass is 79.9. The zero-order valence-electron chi connectivity index (χ0n) is 10.7. The van der Waals surface area contributed by atoms with Crippen LogP contribution in [-0.4, -0.2) is 46.0 Å². The maximum atomic E-state index is 4.32. The van der Waals surface area contributed by atoms with Gasteiger partial charge in [0.15, 0.2) is 5.65 Å². The minimum atomic E-state index is 0.815. The van der Waals surface area contributed by atoms with Crippen molar-refractivity contribution in [3.63, 3.8) is 0 Å². The summed E-state index contributed by atoms with van der Waals surface area (Å²) in [5.74, 6) is 0. The maximum absolute atomic E-state index is 4.32. The van der Waals surface area contributed by atoms with Crippen LogP contribution in [0.4, 0.5) is 0 Å². The number of hydrogen-bond donors (Lipinski definition) is 1. The van der Waals surface area contributed by atoms with Crippen molar-refractivity contribution in [2.45, 2.75) is 13.5 Å². The lowest BCUT2D eigenvalue weighted by Gasteiger charge is -2.13. The van der Waals surface area contributed by atoms with E-state index in [2.05, 4.69) is 50.1 Å². The molecular formula is C12H18BrN5. The molecule has 2 rings (SSSR count). The molecule has 0 bridgehead atoms. The topological polar surface area (TPSA) is 45.5 Å². The first-order chi connectivity index (χ1) is 8.70. The Morgan fingerprint density at radius 2 is 2.22 bits per heavy atom. The zero-order valence-corrected chi connectivity index (χ0v) is 12.3. The Bertz CT molecular complexity index is 510. The van der Waals surface area contributed by atoms with E-state index in [4.69, 9.17) is 0 Å². The highest BCUT2D eigenvalue weighted by Crippen LogP contribution is 2.10. The number of nitrogens with zero attached hydrogens (tertiary/aromatic N) is 4. The summed E-state index contributed by atoms with van der Waals surface area (Å²) < 4.78 is 2.87. The van der Waals surface area contributed by atoms with Crippen molar-refractivity contribution in [2.75, 3.05) is 26.7 Å². The molecule has 6 heteroatoms. The molecule has 0 saturated carbocycles. The van der Waals surface area contributed by atoms with Gasteiger partial charge in [-0.15, -0.1) is 0 Å². The molecule has 5 nitrogen and oxygen atoms in total. The average Bonchev–Trinajstić information content (AvgIpc) is 2.77. The van der Waals surface area contributed by atoms with Crippen LogP contribution in [0.25, 0.3) is 5.65 Å². The molecule has 0 radical (unpaired) electrons. The first-order valence-electron chi connectivity index (χ1n) is 6.07. The molecule has 2 aromatic rings. The number of aromatic nitrogens is 3. The number of fused-ring (bicyclic) bond motifs is 1. The molecule has 0 aliphatic carbocycles. The van der Waals surface area contributed by atoms with E-state index in [1.54, 1.807) is 6.20 Å². The number of nitrogens with one attached hydrogen (secondary N) is 1. The van der Waals surface area contributed by atoms with Crippen LogP contribution in [-0.2, 0) is 6.54 Å². The van der Waals surface area contributed by atoms with Crippen molar-refractivity contribution in [1.29, 1.82) is 0 Å². The van der Waals surface area contributed by atoms with Gasteiger partial charge in [-0.2, -0.15) is 0 Å². The van der Waals surface area contributed by atoms with Gasteiger partial charge in [-0.1, -0.05) is 6.92 Å². The van der Waals surface area contributed by atoms with Crippen LogP contribution in [0.5, 0.6) is 0 Å². The predicted octanol–water partition coefficient (Wildman–Crippen LogP) is 1.53. The Morgan fingerprint density at radius 3 is 3.00 bits per heavy atom. The fourth-order valence-electron chi connectivity index (χ4n) is 1.69. The Morgan fingerprint density at radius 1 is 1.39 bits per heavy atom. The van der Waals surface area contributed by atoms with Gasteiger partial charge in [0.1, 0.15) is 4.60 Å². The van der Waals surface area contributed by atoms with Crippen molar-refractivity contribution in [3.8, 4) is 0 Å². The Hall–Kier alpha value is -0.980. The van der Waals surface area contributed by atoms with E-state index in [-0.39, 0.29) is 0 Å². The average molecular weight is 312 g/mol. The molecular weight excluding hydrogens is 294 g/mol. The number of imidazole rings is 1. The van der Waals surface area contributed by atoms with E-state index in [9.17, 15) is 0 Å². The van der Waals surface area contributed by atoms with Crippen LogP contribution in [0.1, 0.15) is 12.6 Å². The highest BCUT2D eigenvalue weighted by molar-refractivity contribution is 9.10. The number of rotatable bonds is 6. The van der Waals surface area contributed by atoms with E-state index in [0.29, 0.717) is 0 Å². The van der Waals surface area contributed by atoms with Crippen molar-refractivity contribution >= 4 is 21.6 Å². The second-order valence-electron chi connectivity index (χ2n) is 4.26. The first kappa shape index (κ1) is 13.5. The van der Waals surface area contributed by atoms with Gasteiger partial charge in [0.2, 0.25) is 0 Å². The van der Waals surface area contributed by atoms with Crippen LogP contribution in [0.2, 0.25) is 0 Å². The summed E-state index contributed by atoms with van der Waals surface area (Å²) in [5.41, 5.74) is 2.02. The summed E-state index contributed by atoms with van der Waals surface area (Å²) in [5, 5.41) is 3.43. The molecule has 98 valence electrons. The molecule has 1 N–H and O–H groups in total. The Labute approximate surface area is 115 Å². The van der Waals surface area contributed by atoms with E-state index >= 15 is 0 Å². The third kappa shape index (κ3) is 3.28. The van der Waals surface area contributed by atoms with Gasteiger partial charge in [0.25, 0.3) is 0 Å². The summed E-state index contributed by atoms with van der Waals surface area (Å²) in [6.07, 6.45) is 5.59. The fraction of sp³-hybridized carbons (Fsp3) is 0.500. The molecule has 0 saturated heterocycles. The van der Waals surface area contributed by atoms with Crippen molar-refractivity contribution in [3.05, 3.63) is 28.9 Å². The van der Waals surface area contributed by atoms with Crippen LogP contribution >= 0.6 is 15.9 Å². The Balaban J connectivity index is 1.93. The fourth-order valence-corrected chi connectivity index (χ4v) is 2.00. The summed E-state index contributed by atoms with van der Waals surface area (Å²) >= 11 is 3.37. The Kier molecular flexibility index (Phi) is 4.68. The minimum Gasteiger partial charge on any atom is -0.310 e. The summed E-state index contributed by atoms with van der Waals surface area (Å²) in [4.78, 5) is 10.8. The molecule has 0 atom stereocenters. The SMILES string of the molecule is CCN(C)CCNCc1cnc2cnc(Br)cn12. The van der Waals surface area contributed by atoms with Gasteiger partial charge in [-0.3, -0.25) is 4.40 Å².